The summed E-state index contributed by atoms with van der Waals surface area (Å²) in [6.07, 6.45) is 0.277. The molecule has 0 aliphatic heterocycles. The summed E-state index contributed by atoms with van der Waals surface area (Å²) in [5.74, 6) is 0.415. The molecule has 0 saturated heterocycles. The molecule has 0 aliphatic rings. The molecule has 0 unspecified atom stereocenters. The number of aromatic amines is 1. The van der Waals surface area contributed by atoms with Crippen molar-refractivity contribution >= 4 is 5.91 Å². The normalized spacial score (nSPS) is 9.94. The minimum absolute atomic E-state index is 0.122. The van der Waals surface area contributed by atoms with Crippen LogP contribution in [0.25, 0.3) is 0 Å². The lowest BCUT2D eigenvalue weighted by molar-refractivity contribution is 0.0688. The van der Waals surface area contributed by atoms with Crippen molar-refractivity contribution in [2.24, 2.45) is 0 Å². The highest BCUT2D eigenvalue weighted by Gasteiger charge is 2.19. The Labute approximate surface area is 99.4 Å². The van der Waals surface area contributed by atoms with Gasteiger partial charge in [-0.1, -0.05) is 0 Å². The van der Waals surface area contributed by atoms with E-state index in [1.165, 1.54) is 4.90 Å². The maximum absolute atomic E-state index is 12.0. The van der Waals surface area contributed by atoms with E-state index in [1.807, 2.05) is 6.07 Å². The van der Waals surface area contributed by atoms with Crippen LogP contribution in [-0.4, -0.2) is 52.8 Å². The van der Waals surface area contributed by atoms with Crippen molar-refractivity contribution in [1.29, 1.82) is 5.26 Å². The van der Waals surface area contributed by atoms with Crippen molar-refractivity contribution in [2.45, 2.75) is 13.3 Å². The third-order valence-electron chi connectivity index (χ3n) is 2.13. The van der Waals surface area contributed by atoms with E-state index in [2.05, 4.69) is 15.2 Å². The highest BCUT2D eigenvalue weighted by Crippen LogP contribution is 2.00. The van der Waals surface area contributed by atoms with E-state index in [-0.39, 0.29) is 18.2 Å². The zero-order valence-electron chi connectivity index (χ0n) is 9.93. The van der Waals surface area contributed by atoms with Gasteiger partial charge in [-0.3, -0.25) is 9.89 Å². The topological polar surface area (TPSA) is 94.9 Å². The van der Waals surface area contributed by atoms with Crippen LogP contribution in [0.5, 0.6) is 0 Å². The van der Waals surface area contributed by atoms with E-state index in [9.17, 15) is 4.79 Å². The Morgan fingerprint density at radius 3 is 2.88 bits per heavy atom. The summed E-state index contributed by atoms with van der Waals surface area (Å²) in [4.78, 5) is 17.5. The van der Waals surface area contributed by atoms with E-state index in [4.69, 9.17) is 10.00 Å². The molecule has 7 heteroatoms. The quantitative estimate of drug-likeness (QED) is 0.758. The Bertz CT molecular complexity index is 409. The van der Waals surface area contributed by atoms with Crippen molar-refractivity contribution in [3.8, 4) is 6.07 Å². The maximum atomic E-state index is 12.0. The number of methoxy groups -OCH3 is 1. The Morgan fingerprint density at radius 2 is 2.35 bits per heavy atom. The number of nitrogens with one attached hydrogen (secondary N) is 1. The molecule has 1 heterocycles. The van der Waals surface area contributed by atoms with Gasteiger partial charge < -0.3 is 9.64 Å². The largest absolute Gasteiger partial charge is 0.383 e. The molecule has 0 aliphatic carbocycles. The van der Waals surface area contributed by atoms with Gasteiger partial charge in [-0.15, -0.1) is 5.10 Å². The molecule has 1 rings (SSSR count). The molecule has 1 aromatic rings. The number of nitrogens with zero attached hydrogens (tertiary/aromatic N) is 4. The van der Waals surface area contributed by atoms with E-state index in [1.54, 1.807) is 14.0 Å². The lowest BCUT2D eigenvalue weighted by Gasteiger charge is -2.19. The molecular weight excluding hydrogens is 222 g/mol. The monoisotopic (exact) mass is 237 g/mol. The maximum Gasteiger partial charge on any atom is 0.293 e. The Balaban J connectivity index is 2.68. The summed E-state index contributed by atoms with van der Waals surface area (Å²) in [7, 11) is 1.56. The third kappa shape index (κ3) is 3.85. The average Bonchev–Trinajstić information content (AvgIpc) is 2.75. The van der Waals surface area contributed by atoms with E-state index < -0.39 is 0 Å². The standard InChI is InChI=1S/C10H15N5O2/c1-8-12-9(14-13-8)10(16)15(5-3-4-11)6-7-17-2/h3,5-7H2,1-2H3,(H,12,13,14). The number of carbonyl (C=O) groups is 1. The number of aromatic nitrogens is 3. The first-order valence-corrected chi connectivity index (χ1v) is 5.23. The molecular formula is C10H15N5O2. The summed E-state index contributed by atoms with van der Waals surface area (Å²) in [6.45, 7) is 2.91. The summed E-state index contributed by atoms with van der Waals surface area (Å²) < 4.78 is 4.92. The summed E-state index contributed by atoms with van der Waals surface area (Å²) in [6, 6.07) is 2.00. The molecule has 1 aromatic heterocycles. The van der Waals surface area contributed by atoms with E-state index in [0.717, 1.165) is 0 Å². The van der Waals surface area contributed by atoms with Crippen molar-refractivity contribution in [1.82, 2.24) is 20.1 Å². The first-order chi connectivity index (χ1) is 8.19. The van der Waals surface area contributed by atoms with Crippen LogP contribution in [0, 0.1) is 18.3 Å². The first-order valence-electron chi connectivity index (χ1n) is 5.23. The predicted octanol–water partition coefficient (Wildman–Crippen LogP) is 0.115. The van der Waals surface area contributed by atoms with Gasteiger partial charge in [-0.2, -0.15) is 5.26 Å². The van der Waals surface area contributed by atoms with Gasteiger partial charge in [-0.05, 0) is 6.92 Å². The minimum Gasteiger partial charge on any atom is -0.383 e. The van der Waals surface area contributed by atoms with Gasteiger partial charge in [0, 0.05) is 20.2 Å². The molecule has 0 aromatic carbocycles. The fourth-order valence-corrected chi connectivity index (χ4v) is 1.28. The molecule has 0 saturated carbocycles. The molecule has 1 N–H and O–H groups in total. The van der Waals surface area contributed by atoms with Crippen LogP contribution in [0.1, 0.15) is 22.9 Å². The molecule has 1 amide bonds. The second-order valence-corrected chi connectivity index (χ2v) is 3.44. The highest BCUT2D eigenvalue weighted by molar-refractivity contribution is 5.90. The average molecular weight is 237 g/mol. The number of amides is 1. The summed E-state index contributed by atoms with van der Waals surface area (Å²) in [5.41, 5.74) is 0. The molecule has 0 fully saturated rings. The number of hydrogen-bond donors (Lipinski definition) is 1. The fraction of sp³-hybridized carbons (Fsp3) is 0.600. The van der Waals surface area contributed by atoms with Crippen LogP contribution in [0.2, 0.25) is 0 Å². The van der Waals surface area contributed by atoms with Crippen LogP contribution < -0.4 is 0 Å². The predicted molar refractivity (Wildman–Crippen MR) is 59.1 cm³/mol. The first kappa shape index (κ1) is 13.1. The van der Waals surface area contributed by atoms with Gasteiger partial charge in [0.25, 0.3) is 5.91 Å². The molecule has 7 nitrogen and oxygen atoms in total. The Kier molecular flexibility index (Phi) is 5.10. The van der Waals surface area contributed by atoms with Crippen molar-refractivity contribution in [3.05, 3.63) is 11.6 Å². The van der Waals surface area contributed by atoms with Gasteiger partial charge in [0.2, 0.25) is 5.82 Å². The highest BCUT2D eigenvalue weighted by atomic mass is 16.5. The van der Waals surface area contributed by atoms with Crippen molar-refractivity contribution in [2.75, 3.05) is 26.8 Å². The zero-order valence-corrected chi connectivity index (χ0v) is 9.93. The lowest BCUT2D eigenvalue weighted by Crippen LogP contribution is -2.35. The lowest BCUT2D eigenvalue weighted by atomic mass is 10.3. The van der Waals surface area contributed by atoms with Gasteiger partial charge in [0.05, 0.1) is 19.1 Å². The van der Waals surface area contributed by atoms with Gasteiger partial charge >= 0.3 is 0 Å². The molecule has 92 valence electrons. The van der Waals surface area contributed by atoms with Crippen LogP contribution in [0.3, 0.4) is 0 Å². The molecule has 0 bridgehead atoms. The smallest absolute Gasteiger partial charge is 0.293 e. The molecule has 0 radical (unpaired) electrons. The van der Waals surface area contributed by atoms with Crippen LogP contribution in [0.15, 0.2) is 0 Å². The number of ether oxygens (including phenoxy) is 1. The molecule has 0 spiro atoms. The summed E-state index contributed by atoms with van der Waals surface area (Å²) >= 11 is 0. The second kappa shape index (κ2) is 6.60. The summed E-state index contributed by atoms with van der Waals surface area (Å²) in [5, 5.41) is 15.0. The number of aryl methyl sites for hydroxylation is 1. The van der Waals surface area contributed by atoms with Crippen molar-refractivity contribution < 1.29 is 9.53 Å². The number of carbonyl (C=O) groups excluding carboxylic acids is 1. The van der Waals surface area contributed by atoms with Gasteiger partial charge in [0.15, 0.2) is 0 Å². The van der Waals surface area contributed by atoms with Crippen LogP contribution >= 0.6 is 0 Å². The number of hydrogen-bond acceptors (Lipinski definition) is 5. The number of nitriles is 1. The number of H-pyrrole nitrogens is 1. The Hall–Kier alpha value is -1.94. The van der Waals surface area contributed by atoms with Crippen LogP contribution in [-0.2, 0) is 4.74 Å². The molecule has 17 heavy (non-hydrogen) atoms. The van der Waals surface area contributed by atoms with Crippen molar-refractivity contribution in [3.63, 3.8) is 0 Å². The second-order valence-electron chi connectivity index (χ2n) is 3.44. The zero-order chi connectivity index (χ0) is 12.7. The van der Waals surface area contributed by atoms with E-state index >= 15 is 0 Å². The number of rotatable bonds is 6. The van der Waals surface area contributed by atoms with Gasteiger partial charge in [0.1, 0.15) is 5.82 Å². The molecule has 0 atom stereocenters. The third-order valence-corrected chi connectivity index (χ3v) is 2.13. The van der Waals surface area contributed by atoms with E-state index in [0.29, 0.717) is 25.5 Å². The SMILES string of the molecule is COCCN(CCC#N)C(=O)c1n[nH]c(C)n1. The Morgan fingerprint density at radius 1 is 1.59 bits per heavy atom. The van der Waals surface area contributed by atoms with Crippen LogP contribution in [0.4, 0.5) is 0 Å². The minimum atomic E-state index is -0.290. The fourth-order valence-electron chi connectivity index (χ4n) is 1.28. The van der Waals surface area contributed by atoms with Gasteiger partial charge in [-0.25, -0.2) is 4.98 Å².